The van der Waals surface area contributed by atoms with Gasteiger partial charge in [0.05, 0.1) is 7.11 Å². The molecule has 1 rings (SSSR count). The van der Waals surface area contributed by atoms with Crippen LogP contribution < -0.4 is 0 Å². The summed E-state index contributed by atoms with van der Waals surface area (Å²) in [4.78, 5) is 17.8. The Morgan fingerprint density at radius 3 is 2.88 bits per heavy atom. The number of carbonyl (C=O) groups is 1. The predicted octanol–water partition coefficient (Wildman–Crippen LogP) is 2.87. The molecule has 7 heteroatoms. The maximum atomic E-state index is 11.3. The molecule has 17 heavy (non-hydrogen) atoms. The van der Waals surface area contributed by atoms with Crippen molar-refractivity contribution in [2.75, 3.05) is 7.11 Å². The Bertz CT molecular complexity index is 521. The van der Waals surface area contributed by atoms with E-state index in [9.17, 15) is 4.79 Å². The molecular weight excluding hydrogens is 244 g/mol. The van der Waals surface area contributed by atoms with E-state index in [2.05, 4.69) is 19.7 Å². The summed E-state index contributed by atoms with van der Waals surface area (Å²) in [6.45, 7) is 1.79. The van der Waals surface area contributed by atoms with E-state index in [-0.39, 0.29) is 10.9 Å². The van der Waals surface area contributed by atoms with Gasteiger partial charge in [0.15, 0.2) is 0 Å². The normalized spacial score (nSPS) is 10.6. The Kier molecular flexibility index (Phi) is 4.51. The zero-order valence-corrected chi connectivity index (χ0v) is 9.97. The molecule has 0 radical (unpaired) electrons. The van der Waals surface area contributed by atoms with Crippen LogP contribution in [0.4, 0.5) is 0 Å². The van der Waals surface area contributed by atoms with E-state index >= 15 is 0 Å². The molecule has 88 valence electrons. The van der Waals surface area contributed by atoms with Gasteiger partial charge >= 0.3 is 5.97 Å². The summed E-state index contributed by atoms with van der Waals surface area (Å²) in [5.41, 5.74) is 9.38. The second-order valence-electron chi connectivity index (χ2n) is 3.04. The molecule has 0 aromatic carbocycles. The molecule has 1 aromatic heterocycles. The van der Waals surface area contributed by atoms with Crippen molar-refractivity contribution in [3.8, 4) is 0 Å². The molecule has 0 aliphatic carbocycles. The Balaban J connectivity index is 3.21. The Hall–Kier alpha value is -2.04. The van der Waals surface area contributed by atoms with E-state index < -0.39 is 5.97 Å². The summed E-state index contributed by atoms with van der Waals surface area (Å²) in [6, 6.07) is 3.39. The highest BCUT2D eigenvalue weighted by molar-refractivity contribution is 6.31. The molecule has 0 fully saturated rings. The second kappa shape index (κ2) is 5.89. The number of aromatic nitrogens is 1. The smallest absolute Gasteiger partial charge is 0.340 e. The number of methoxy groups -OCH3 is 1. The number of carbonyl (C=O) groups excluding carboxylic acids is 1. The van der Waals surface area contributed by atoms with Gasteiger partial charge in [0.25, 0.3) is 0 Å². The van der Waals surface area contributed by atoms with Crippen LogP contribution in [-0.4, -0.2) is 18.1 Å². The average Bonchev–Trinajstić information content (AvgIpc) is 2.30. The molecule has 0 spiro atoms. The van der Waals surface area contributed by atoms with Gasteiger partial charge in [-0.3, -0.25) is 0 Å². The van der Waals surface area contributed by atoms with Crippen molar-refractivity contribution in [3.63, 3.8) is 0 Å². The quantitative estimate of drug-likeness (QED) is 0.207. The number of ether oxygens (including phenoxy) is 1. The van der Waals surface area contributed by atoms with Crippen LogP contribution >= 0.6 is 11.6 Å². The Morgan fingerprint density at radius 2 is 2.35 bits per heavy atom. The average molecular weight is 253 g/mol. The fourth-order valence-electron chi connectivity index (χ4n) is 1.07. The fourth-order valence-corrected chi connectivity index (χ4v) is 1.32. The van der Waals surface area contributed by atoms with Gasteiger partial charge in [-0.25, -0.2) is 9.78 Å². The minimum atomic E-state index is -0.737. The Morgan fingerprint density at radius 1 is 1.65 bits per heavy atom. The minimum absolute atomic E-state index is 0.178. The largest absolute Gasteiger partial charge is 0.466 e. The first-order valence-corrected chi connectivity index (χ1v) is 4.94. The number of hydrogen-bond acceptors (Lipinski definition) is 4. The topological polar surface area (TPSA) is 88.0 Å². The van der Waals surface area contributed by atoms with E-state index in [1.165, 1.54) is 13.2 Å². The standard InChI is InChI=1S/C10H9ClN4O2/c1-6-3-4-7(9(11)13-6)5-8(14-15-12)10(16)17-2/h3-5H,1-2H3/b8-5-. The number of esters is 1. The zero-order chi connectivity index (χ0) is 12.8. The molecule has 0 unspecified atom stereocenters. The van der Waals surface area contributed by atoms with Gasteiger partial charge in [-0.2, -0.15) is 0 Å². The zero-order valence-electron chi connectivity index (χ0n) is 9.22. The highest BCUT2D eigenvalue weighted by atomic mass is 35.5. The molecule has 0 saturated carbocycles. The van der Waals surface area contributed by atoms with Gasteiger partial charge in [0.2, 0.25) is 0 Å². The van der Waals surface area contributed by atoms with Crippen LogP contribution in [0, 0.1) is 6.92 Å². The summed E-state index contributed by atoms with van der Waals surface area (Å²) in [7, 11) is 1.19. The lowest BCUT2D eigenvalue weighted by atomic mass is 10.2. The number of azide groups is 1. The van der Waals surface area contributed by atoms with Crippen molar-refractivity contribution in [1.29, 1.82) is 0 Å². The van der Waals surface area contributed by atoms with Crippen LogP contribution in [0.3, 0.4) is 0 Å². The van der Waals surface area contributed by atoms with Crippen molar-refractivity contribution in [2.45, 2.75) is 6.92 Å². The summed E-state index contributed by atoms with van der Waals surface area (Å²) in [5, 5.41) is 3.46. The summed E-state index contributed by atoms with van der Waals surface area (Å²) < 4.78 is 4.47. The van der Waals surface area contributed by atoms with Gasteiger partial charge in [-0.15, -0.1) is 0 Å². The number of hydrogen-bond donors (Lipinski definition) is 0. The van der Waals surface area contributed by atoms with E-state index in [1.54, 1.807) is 19.1 Å². The first-order chi connectivity index (χ1) is 8.08. The predicted molar refractivity (Wildman–Crippen MR) is 63.1 cm³/mol. The van der Waals surface area contributed by atoms with Crippen molar-refractivity contribution >= 4 is 23.6 Å². The Labute approximate surface area is 102 Å². The highest BCUT2D eigenvalue weighted by Gasteiger charge is 2.09. The van der Waals surface area contributed by atoms with E-state index in [4.69, 9.17) is 17.1 Å². The van der Waals surface area contributed by atoms with Gasteiger partial charge in [0.1, 0.15) is 10.9 Å². The number of pyridine rings is 1. The molecule has 0 amide bonds. The molecular formula is C10H9ClN4O2. The van der Waals surface area contributed by atoms with Crippen LogP contribution in [0.2, 0.25) is 5.15 Å². The summed E-state index contributed by atoms with van der Waals surface area (Å²) in [5.74, 6) is -0.737. The van der Waals surface area contributed by atoms with Crippen LogP contribution in [0.1, 0.15) is 11.3 Å². The van der Waals surface area contributed by atoms with Crippen LogP contribution in [-0.2, 0) is 9.53 Å². The van der Waals surface area contributed by atoms with Gasteiger partial charge in [0, 0.05) is 16.2 Å². The number of nitrogens with zero attached hydrogens (tertiary/aromatic N) is 4. The number of rotatable bonds is 3. The first kappa shape index (κ1) is 13.0. The third-order valence-electron chi connectivity index (χ3n) is 1.86. The molecule has 1 heterocycles. The molecule has 0 atom stereocenters. The summed E-state index contributed by atoms with van der Waals surface area (Å²) in [6.07, 6.45) is 1.32. The van der Waals surface area contributed by atoms with Crippen molar-refractivity contribution < 1.29 is 9.53 Å². The van der Waals surface area contributed by atoms with E-state index in [1.807, 2.05) is 0 Å². The van der Waals surface area contributed by atoms with Crippen molar-refractivity contribution in [1.82, 2.24) is 4.98 Å². The van der Waals surface area contributed by atoms with Crippen molar-refractivity contribution in [2.24, 2.45) is 5.11 Å². The molecule has 0 aliphatic heterocycles. The maximum Gasteiger partial charge on any atom is 0.340 e. The number of halogens is 1. The van der Waals surface area contributed by atoms with Crippen LogP contribution in [0.5, 0.6) is 0 Å². The lowest BCUT2D eigenvalue weighted by Crippen LogP contribution is -2.02. The van der Waals surface area contributed by atoms with Gasteiger partial charge in [-0.1, -0.05) is 22.8 Å². The second-order valence-corrected chi connectivity index (χ2v) is 3.40. The molecule has 0 bridgehead atoms. The lowest BCUT2D eigenvalue weighted by molar-refractivity contribution is -0.136. The third-order valence-corrected chi connectivity index (χ3v) is 2.16. The summed E-state index contributed by atoms with van der Waals surface area (Å²) >= 11 is 5.88. The fraction of sp³-hybridized carbons (Fsp3) is 0.200. The molecule has 0 saturated heterocycles. The lowest BCUT2D eigenvalue weighted by Gasteiger charge is -2.01. The van der Waals surface area contributed by atoms with E-state index in [0.717, 1.165) is 5.69 Å². The monoisotopic (exact) mass is 252 g/mol. The number of aryl methyl sites for hydroxylation is 1. The SMILES string of the molecule is COC(=O)/C(=C/c1ccc(C)nc1Cl)N=[N+]=[N-]. The van der Waals surface area contributed by atoms with Gasteiger partial charge < -0.3 is 4.74 Å². The van der Waals surface area contributed by atoms with Crippen LogP contribution in [0.25, 0.3) is 16.5 Å². The van der Waals surface area contributed by atoms with Crippen molar-refractivity contribution in [3.05, 3.63) is 44.7 Å². The van der Waals surface area contributed by atoms with E-state index in [0.29, 0.717) is 5.56 Å². The first-order valence-electron chi connectivity index (χ1n) is 4.56. The maximum absolute atomic E-state index is 11.3. The third kappa shape index (κ3) is 3.48. The van der Waals surface area contributed by atoms with Crippen LogP contribution in [0.15, 0.2) is 22.9 Å². The molecule has 0 aliphatic rings. The van der Waals surface area contributed by atoms with Gasteiger partial charge in [-0.05, 0) is 24.6 Å². The highest BCUT2D eigenvalue weighted by Crippen LogP contribution is 2.18. The molecule has 1 aromatic rings. The molecule has 6 nitrogen and oxygen atoms in total. The minimum Gasteiger partial charge on any atom is -0.466 e. The molecule has 0 N–H and O–H groups in total.